The Labute approximate surface area is 127 Å². The van der Waals surface area contributed by atoms with E-state index in [1.807, 2.05) is 6.92 Å². The fourth-order valence-corrected chi connectivity index (χ4v) is 2.03. The number of aryl methyl sites for hydroxylation is 1. The first-order valence-corrected chi connectivity index (χ1v) is 6.59. The lowest BCUT2D eigenvalue weighted by Crippen LogP contribution is -2.25. The van der Waals surface area contributed by atoms with E-state index in [-0.39, 0.29) is 11.1 Å². The molecule has 0 bridgehead atoms. The number of benzene rings is 2. The van der Waals surface area contributed by atoms with E-state index in [4.69, 9.17) is 9.94 Å². The molecule has 0 aliphatic heterocycles. The van der Waals surface area contributed by atoms with Gasteiger partial charge in [0.1, 0.15) is 5.75 Å². The van der Waals surface area contributed by atoms with Gasteiger partial charge in [-0.2, -0.15) is 0 Å². The lowest BCUT2D eigenvalue weighted by Gasteiger charge is -2.09. The van der Waals surface area contributed by atoms with Gasteiger partial charge >= 0.3 is 0 Å². The Morgan fingerprint density at radius 3 is 2.32 bits per heavy atom. The van der Waals surface area contributed by atoms with Crippen molar-refractivity contribution in [2.75, 3.05) is 7.11 Å². The molecule has 0 saturated carbocycles. The number of hydrogen-bond acceptors (Lipinski definition) is 5. The second-order valence-corrected chi connectivity index (χ2v) is 4.68. The topological polar surface area (TPSA) is 76.0 Å². The van der Waals surface area contributed by atoms with E-state index in [2.05, 4.69) is 5.16 Å². The van der Waals surface area contributed by atoms with Gasteiger partial charge in [0.25, 0.3) is 0 Å². The zero-order valence-electron chi connectivity index (χ0n) is 12.2. The molecule has 0 atom stereocenters. The molecule has 0 spiro atoms. The maximum atomic E-state index is 12.5. The monoisotopic (exact) mass is 297 g/mol. The quantitative estimate of drug-likeness (QED) is 0.303. The molecule has 5 heteroatoms. The van der Waals surface area contributed by atoms with Crippen molar-refractivity contribution in [3.05, 3.63) is 65.2 Å². The number of ether oxygens (including phenoxy) is 1. The predicted octanol–water partition coefficient (Wildman–Crippen LogP) is 2.90. The predicted molar refractivity (Wildman–Crippen MR) is 82.1 cm³/mol. The van der Waals surface area contributed by atoms with Crippen molar-refractivity contribution in [3.63, 3.8) is 0 Å². The van der Waals surface area contributed by atoms with Crippen LogP contribution in [0.2, 0.25) is 0 Å². The van der Waals surface area contributed by atoms with E-state index < -0.39 is 17.3 Å². The van der Waals surface area contributed by atoms with Crippen molar-refractivity contribution in [2.45, 2.75) is 6.92 Å². The zero-order chi connectivity index (χ0) is 16.1. The third kappa shape index (κ3) is 3.03. The molecule has 22 heavy (non-hydrogen) atoms. The van der Waals surface area contributed by atoms with Crippen LogP contribution in [0.15, 0.2) is 53.7 Å². The van der Waals surface area contributed by atoms with Crippen LogP contribution < -0.4 is 4.74 Å². The second kappa shape index (κ2) is 6.67. The van der Waals surface area contributed by atoms with Gasteiger partial charge in [0, 0.05) is 5.56 Å². The summed E-state index contributed by atoms with van der Waals surface area (Å²) in [4.78, 5) is 24.8. The highest BCUT2D eigenvalue weighted by Crippen LogP contribution is 2.21. The van der Waals surface area contributed by atoms with Crippen LogP contribution in [0, 0.1) is 6.92 Å². The van der Waals surface area contributed by atoms with Crippen molar-refractivity contribution >= 4 is 17.3 Å². The highest BCUT2D eigenvalue weighted by Gasteiger charge is 2.26. The molecule has 0 aliphatic rings. The van der Waals surface area contributed by atoms with E-state index in [0.29, 0.717) is 5.75 Å². The highest BCUT2D eigenvalue weighted by molar-refractivity contribution is 6.72. The van der Waals surface area contributed by atoms with Gasteiger partial charge in [0.2, 0.25) is 11.6 Å². The van der Waals surface area contributed by atoms with Gasteiger partial charge in [-0.1, -0.05) is 41.6 Å². The van der Waals surface area contributed by atoms with Crippen LogP contribution in [0.4, 0.5) is 0 Å². The van der Waals surface area contributed by atoms with Gasteiger partial charge in [0.15, 0.2) is 5.71 Å². The van der Waals surface area contributed by atoms with Crippen molar-refractivity contribution in [2.24, 2.45) is 5.16 Å². The first-order valence-electron chi connectivity index (χ1n) is 6.59. The van der Waals surface area contributed by atoms with Crippen molar-refractivity contribution < 1.29 is 19.5 Å². The van der Waals surface area contributed by atoms with Gasteiger partial charge in [0.05, 0.1) is 12.7 Å². The summed E-state index contributed by atoms with van der Waals surface area (Å²) in [6, 6.07) is 13.1. The number of hydrogen-bond donors (Lipinski definition) is 1. The Balaban J connectivity index is 2.41. The van der Waals surface area contributed by atoms with Gasteiger partial charge in [-0.15, -0.1) is 0 Å². The molecule has 0 aromatic heterocycles. The maximum absolute atomic E-state index is 12.5. The molecular formula is C17H15NO4. The summed E-state index contributed by atoms with van der Waals surface area (Å²) < 4.78 is 5.16. The Morgan fingerprint density at radius 1 is 1.05 bits per heavy atom. The summed E-state index contributed by atoms with van der Waals surface area (Å²) in [5.41, 5.74) is 0.804. The minimum absolute atomic E-state index is 0.171. The summed E-state index contributed by atoms with van der Waals surface area (Å²) >= 11 is 0. The highest BCUT2D eigenvalue weighted by atomic mass is 16.5. The molecule has 2 aromatic carbocycles. The fraction of sp³-hybridized carbons (Fsp3) is 0.118. The van der Waals surface area contributed by atoms with Crippen molar-refractivity contribution in [1.29, 1.82) is 0 Å². The standard InChI is InChI=1S/C17H15NO4/c1-11-8-9-13(14(10-11)22-2)17(20)15(18-21)16(19)12-6-4-3-5-7-12/h3-10,21H,1-2H3. The van der Waals surface area contributed by atoms with E-state index in [0.717, 1.165) is 5.56 Å². The molecule has 0 aliphatic carbocycles. The van der Waals surface area contributed by atoms with Crippen LogP contribution in [-0.4, -0.2) is 29.6 Å². The number of carbonyl (C=O) groups is 2. The van der Waals surface area contributed by atoms with E-state index in [1.165, 1.54) is 7.11 Å². The zero-order valence-corrected chi connectivity index (χ0v) is 12.2. The van der Waals surface area contributed by atoms with Crippen LogP contribution in [0.25, 0.3) is 0 Å². The first kappa shape index (κ1) is 15.4. The number of ketones is 2. The first-order chi connectivity index (χ1) is 10.6. The van der Waals surface area contributed by atoms with E-state index in [1.54, 1.807) is 48.5 Å². The molecule has 2 aromatic rings. The van der Waals surface area contributed by atoms with Gasteiger partial charge < -0.3 is 9.94 Å². The Morgan fingerprint density at radius 2 is 1.73 bits per heavy atom. The second-order valence-electron chi connectivity index (χ2n) is 4.68. The minimum atomic E-state index is -0.687. The number of methoxy groups -OCH3 is 1. The molecule has 0 radical (unpaired) electrons. The molecule has 5 nitrogen and oxygen atoms in total. The molecule has 0 heterocycles. The van der Waals surface area contributed by atoms with Gasteiger partial charge in [-0.3, -0.25) is 9.59 Å². The molecule has 0 fully saturated rings. The van der Waals surface area contributed by atoms with Gasteiger partial charge in [-0.05, 0) is 24.6 Å². The van der Waals surface area contributed by atoms with Crippen LogP contribution >= 0.6 is 0 Å². The van der Waals surface area contributed by atoms with E-state index >= 15 is 0 Å². The number of Topliss-reactive ketones (excluding diaryl/α,β-unsaturated/α-hetero) is 2. The Kier molecular flexibility index (Phi) is 4.68. The number of nitrogens with zero attached hydrogens (tertiary/aromatic N) is 1. The maximum Gasteiger partial charge on any atom is 0.222 e. The smallest absolute Gasteiger partial charge is 0.222 e. The van der Waals surface area contributed by atoms with Crippen LogP contribution in [0.1, 0.15) is 26.3 Å². The summed E-state index contributed by atoms with van der Waals surface area (Å²) in [5, 5.41) is 12.0. The van der Waals surface area contributed by atoms with Crippen LogP contribution in [0.3, 0.4) is 0 Å². The Hall–Kier alpha value is -2.95. The summed E-state index contributed by atoms with van der Waals surface area (Å²) in [5.74, 6) is -1.00. The summed E-state index contributed by atoms with van der Waals surface area (Å²) in [7, 11) is 1.43. The normalized spacial score (nSPS) is 11.1. The minimum Gasteiger partial charge on any atom is -0.496 e. The third-order valence-electron chi connectivity index (χ3n) is 3.17. The van der Waals surface area contributed by atoms with Crippen molar-refractivity contribution in [3.8, 4) is 5.75 Å². The average Bonchev–Trinajstić information content (AvgIpc) is 2.55. The number of carbonyl (C=O) groups excluding carboxylic acids is 2. The van der Waals surface area contributed by atoms with Crippen molar-refractivity contribution in [1.82, 2.24) is 0 Å². The molecule has 2 rings (SSSR count). The Bertz CT molecular complexity index is 736. The average molecular weight is 297 g/mol. The summed E-state index contributed by atoms with van der Waals surface area (Å²) in [6.45, 7) is 1.85. The lowest BCUT2D eigenvalue weighted by molar-refractivity contribution is 0.101. The largest absolute Gasteiger partial charge is 0.496 e. The van der Waals surface area contributed by atoms with Crippen LogP contribution in [-0.2, 0) is 0 Å². The van der Waals surface area contributed by atoms with Gasteiger partial charge in [-0.25, -0.2) is 0 Å². The SMILES string of the molecule is COc1cc(C)ccc1C(=O)C(=NO)C(=O)c1ccccc1. The number of rotatable bonds is 5. The molecule has 1 N–H and O–H groups in total. The number of oxime groups is 1. The van der Waals surface area contributed by atoms with Crippen LogP contribution in [0.5, 0.6) is 5.75 Å². The molecule has 0 unspecified atom stereocenters. The fourth-order valence-electron chi connectivity index (χ4n) is 2.03. The third-order valence-corrected chi connectivity index (χ3v) is 3.17. The van der Waals surface area contributed by atoms with E-state index in [9.17, 15) is 9.59 Å². The lowest BCUT2D eigenvalue weighted by atomic mass is 9.98. The molecule has 0 amide bonds. The summed E-state index contributed by atoms with van der Waals surface area (Å²) in [6.07, 6.45) is 0. The molecule has 0 saturated heterocycles. The molecular weight excluding hydrogens is 282 g/mol. The molecule has 112 valence electrons.